The predicted octanol–water partition coefficient (Wildman–Crippen LogP) is 3.35. The lowest BCUT2D eigenvalue weighted by Crippen LogP contribution is -2.32. The normalized spacial score (nSPS) is 10.8. The third kappa shape index (κ3) is 6.40. The van der Waals surface area contributed by atoms with Gasteiger partial charge in [0.15, 0.2) is 18.1 Å². The van der Waals surface area contributed by atoms with E-state index in [1.54, 1.807) is 18.2 Å². The Bertz CT molecular complexity index is 855. The fraction of sp³-hybridized carbons (Fsp3) is 0.391. The van der Waals surface area contributed by atoms with Crippen LogP contribution in [0.15, 0.2) is 42.5 Å². The molecule has 0 saturated carbocycles. The van der Waals surface area contributed by atoms with Gasteiger partial charge in [-0.2, -0.15) is 0 Å². The van der Waals surface area contributed by atoms with Crippen molar-refractivity contribution < 1.29 is 28.5 Å². The van der Waals surface area contributed by atoms with E-state index in [1.807, 2.05) is 24.3 Å². The zero-order valence-electron chi connectivity index (χ0n) is 18.1. The van der Waals surface area contributed by atoms with Crippen molar-refractivity contribution in [2.24, 2.45) is 0 Å². The molecule has 1 N–H and O–H groups in total. The molecule has 0 aromatic heterocycles. The maximum absolute atomic E-state index is 12.2. The molecule has 2 aromatic carbocycles. The number of rotatable bonds is 9. The highest BCUT2D eigenvalue weighted by molar-refractivity contribution is 5.94. The van der Waals surface area contributed by atoms with Crippen LogP contribution in [0.4, 0.5) is 0 Å². The summed E-state index contributed by atoms with van der Waals surface area (Å²) >= 11 is 0. The number of hydrogen-bond acceptors (Lipinski definition) is 6. The van der Waals surface area contributed by atoms with Gasteiger partial charge in [-0.1, -0.05) is 39.0 Å². The van der Waals surface area contributed by atoms with Crippen molar-refractivity contribution in [1.82, 2.24) is 5.32 Å². The van der Waals surface area contributed by atoms with E-state index in [9.17, 15) is 9.59 Å². The van der Waals surface area contributed by atoms with E-state index < -0.39 is 18.5 Å². The molecule has 30 heavy (non-hydrogen) atoms. The minimum absolute atomic E-state index is 0.0822. The van der Waals surface area contributed by atoms with Crippen molar-refractivity contribution in [3.8, 4) is 17.2 Å². The third-order valence-corrected chi connectivity index (χ3v) is 4.37. The summed E-state index contributed by atoms with van der Waals surface area (Å²) in [5, 5.41) is 2.65. The van der Waals surface area contributed by atoms with Gasteiger partial charge in [-0.3, -0.25) is 4.79 Å². The quantitative estimate of drug-likeness (QED) is 0.500. The Morgan fingerprint density at radius 2 is 1.67 bits per heavy atom. The summed E-state index contributed by atoms with van der Waals surface area (Å²) in [4.78, 5) is 24.2. The summed E-state index contributed by atoms with van der Waals surface area (Å²) in [5.74, 6) is 0.308. The van der Waals surface area contributed by atoms with E-state index in [2.05, 4.69) is 26.1 Å². The Morgan fingerprint density at radius 1 is 0.967 bits per heavy atom. The smallest absolute Gasteiger partial charge is 0.342 e. The average molecular weight is 415 g/mol. The molecule has 0 saturated heterocycles. The lowest BCUT2D eigenvalue weighted by Gasteiger charge is -2.19. The molecule has 0 aliphatic rings. The molecule has 0 aliphatic heterocycles. The SMILES string of the molecule is COc1cccc(C(=O)OCC(=O)NCCOc2ccc(C(C)(C)C)cc2)c1OC. The number of para-hydroxylation sites is 1. The first-order chi connectivity index (χ1) is 14.3. The Labute approximate surface area is 177 Å². The minimum atomic E-state index is -0.670. The zero-order valence-corrected chi connectivity index (χ0v) is 18.1. The van der Waals surface area contributed by atoms with Gasteiger partial charge < -0.3 is 24.3 Å². The van der Waals surface area contributed by atoms with Crippen LogP contribution in [0.3, 0.4) is 0 Å². The Hall–Kier alpha value is -3.22. The van der Waals surface area contributed by atoms with Crippen molar-refractivity contribution in [3.63, 3.8) is 0 Å². The van der Waals surface area contributed by atoms with Crippen LogP contribution >= 0.6 is 0 Å². The largest absolute Gasteiger partial charge is 0.493 e. The van der Waals surface area contributed by atoms with Crippen LogP contribution in [0.1, 0.15) is 36.7 Å². The van der Waals surface area contributed by atoms with Crippen LogP contribution in [0.25, 0.3) is 0 Å². The maximum atomic E-state index is 12.2. The number of carbonyl (C=O) groups excluding carboxylic acids is 2. The third-order valence-electron chi connectivity index (χ3n) is 4.37. The molecule has 0 aliphatic carbocycles. The number of ether oxygens (including phenoxy) is 4. The summed E-state index contributed by atoms with van der Waals surface area (Å²) < 4.78 is 21.0. The summed E-state index contributed by atoms with van der Waals surface area (Å²) in [6, 6.07) is 12.7. The molecule has 7 nitrogen and oxygen atoms in total. The molecule has 7 heteroatoms. The molecule has 162 valence electrons. The number of hydrogen-bond donors (Lipinski definition) is 1. The van der Waals surface area contributed by atoms with E-state index in [4.69, 9.17) is 18.9 Å². The van der Waals surface area contributed by atoms with Crippen LogP contribution < -0.4 is 19.5 Å². The van der Waals surface area contributed by atoms with Gasteiger partial charge in [-0.05, 0) is 35.2 Å². The van der Waals surface area contributed by atoms with Gasteiger partial charge >= 0.3 is 5.97 Å². The van der Waals surface area contributed by atoms with Crippen molar-refractivity contribution in [1.29, 1.82) is 0 Å². The van der Waals surface area contributed by atoms with Crippen molar-refractivity contribution >= 4 is 11.9 Å². The van der Waals surface area contributed by atoms with Gasteiger partial charge in [-0.15, -0.1) is 0 Å². The molecule has 0 radical (unpaired) electrons. The van der Waals surface area contributed by atoms with Crippen LogP contribution in [0, 0.1) is 0 Å². The highest BCUT2D eigenvalue weighted by Gasteiger charge is 2.18. The van der Waals surface area contributed by atoms with Gasteiger partial charge in [0.2, 0.25) is 0 Å². The van der Waals surface area contributed by atoms with Crippen molar-refractivity contribution in [2.45, 2.75) is 26.2 Å². The first-order valence-corrected chi connectivity index (χ1v) is 9.64. The summed E-state index contributed by atoms with van der Waals surface area (Å²) in [6.45, 7) is 6.64. The molecule has 0 atom stereocenters. The summed E-state index contributed by atoms with van der Waals surface area (Å²) in [7, 11) is 2.90. The molecule has 0 bridgehead atoms. The van der Waals surface area contributed by atoms with Crippen LogP contribution in [-0.2, 0) is 14.9 Å². The first kappa shape index (κ1) is 23.1. The second kappa shape index (κ2) is 10.5. The topological polar surface area (TPSA) is 83.1 Å². The van der Waals surface area contributed by atoms with Gasteiger partial charge in [-0.25, -0.2) is 4.79 Å². The monoisotopic (exact) mass is 415 g/mol. The van der Waals surface area contributed by atoms with Crippen molar-refractivity contribution in [3.05, 3.63) is 53.6 Å². The van der Waals surface area contributed by atoms with Crippen LogP contribution in [-0.4, -0.2) is 45.9 Å². The Morgan fingerprint density at radius 3 is 2.27 bits per heavy atom. The maximum Gasteiger partial charge on any atom is 0.342 e. The average Bonchev–Trinajstić information content (AvgIpc) is 2.74. The first-order valence-electron chi connectivity index (χ1n) is 9.64. The molecular weight excluding hydrogens is 386 g/mol. The van der Waals surface area contributed by atoms with E-state index in [-0.39, 0.29) is 16.7 Å². The molecule has 2 aromatic rings. The van der Waals surface area contributed by atoms with Gasteiger partial charge in [0.1, 0.15) is 17.9 Å². The van der Waals surface area contributed by atoms with E-state index >= 15 is 0 Å². The number of nitrogens with one attached hydrogen (secondary N) is 1. The molecule has 0 heterocycles. The predicted molar refractivity (Wildman–Crippen MR) is 113 cm³/mol. The summed E-state index contributed by atoms with van der Waals surface area (Å²) in [6.07, 6.45) is 0. The van der Waals surface area contributed by atoms with Crippen LogP contribution in [0.5, 0.6) is 17.2 Å². The second-order valence-corrected chi connectivity index (χ2v) is 7.59. The fourth-order valence-corrected chi connectivity index (χ4v) is 2.72. The van der Waals surface area contributed by atoms with Crippen LogP contribution in [0.2, 0.25) is 0 Å². The Kier molecular flexibility index (Phi) is 8.09. The molecule has 1 amide bonds. The van der Waals surface area contributed by atoms with E-state index in [0.717, 1.165) is 5.75 Å². The highest BCUT2D eigenvalue weighted by Crippen LogP contribution is 2.31. The Balaban J connectivity index is 1.75. The fourth-order valence-electron chi connectivity index (χ4n) is 2.72. The number of esters is 1. The van der Waals surface area contributed by atoms with Crippen molar-refractivity contribution in [2.75, 3.05) is 34.0 Å². The number of methoxy groups -OCH3 is 2. The van der Waals surface area contributed by atoms with E-state index in [1.165, 1.54) is 19.8 Å². The second-order valence-electron chi connectivity index (χ2n) is 7.59. The molecule has 0 unspecified atom stereocenters. The lowest BCUT2D eigenvalue weighted by atomic mass is 9.87. The number of amides is 1. The molecular formula is C23H29NO6. The highest BCUT2D eigenvalue weighted by atomic mass is 16.5. The number of carbonyl (C=O) groups is 2. The van der Waals surface area contributed by atoms with Gasteiger partial charge in [0.05, 0.1) is 20.8 Å². The van der Waals surface area contributed by atoms with Gasteiger partial charge in [0, 0.05) is 0 Å². The van der Waals surface area contributed by atoms with Gasteiger partial charge in [0.25, 0.3) is 5.91 Å². The minimum Gasteiger partial charge on any atom is -0.493 e. The molecule has 0 fully saturated rings. The standard InChI is InChI=1S/C23H29NO6/c1-23(2,3)16-9-11-17(12-10-16)29-14-13-24-20(25)15-30-22(26)18-7-6-8-19(27-4)21(18)28-5/h6-12H,13-15H2,1-5H3,(H,24,25). The summed E-state index contributed by atoms with van der Waals surface area (Å²) in [5.41, 5.74) is 1.49. The lowest BCUT2D eigenvalue weighted by molar-refractivity contribution is -0.124. The molecule has 2 rings (SSSR count). The zero-order chi connectivity index (χ0) is 22.1. The van der Waals surface area contributed by atoms with E-state index in [0.29, 0.717) is 18.9 Å². The number of benzene rings is 2. The molecule has 0 spiro atoms.